The fourth-order valence-corrected chi connectivity index (χ4v) is 4.59. The fourth-order valence-electron chi connectivity index (χ4n) is 4.59. The van der Waals surface area contributed by atoms with E-state index in [0.29, 0.717) is 34.3 Å². The number of rotatable bonds is 7. The molecular formula is C25H26FN3O3. The second-order valence-electron chi connectivity index (χ2n) is 8.95. The van der Waals surface area contributed by atoms with Crippen LogP contribution in [0.3, 0.4) is 0 Å². The maximum Gasteiger partial charge on any atom is 0.336 e. The second kappa shape index (κ2) is 7.76. The number of hydrogen-bond acceptors (Lipinski definition) is 6. The summed E-state index contributed by atoms with van der Waals surface area (Å²) in [6.07, 6.45) is 5.57. The minimum atomic E-state index is -0.965. The van der Waals surface area contributed by atoms with Gasteiger partial charge in [-0.05, 0) is 72.4 Å². The first-order valence-corrected chi connectivity index (χ1v) is 10.9. The highest BCUT2D eigenvalue weighted by Crippen LogP contribution is 2.54. The van der Waals surface area contributed by atoms with Crippen LogP contribution >= 0.6 is 0 Å². The largest absolute Gasteiger partial charge is 0.423 e. The summed E-state index contributed by atoms with van der Waals surface area (Å²) in [5.74, 6) is 6.25. The van der Waals surface area contributed by atoms with Gasteiger partial charge in [0, 0.05) is 17.7 Å². The topological polar surface area (TPSA) is 106 Å². The number of nitrogens with zero attached hydrogens (tertiary/aromatic N) is 1. The zero-order chi connectivity index (χ0) is 22.5. The lowest BCUT2D eigenvalue weighted by atomic mass is 9.88. The Morgan fingerprint density at radius 1 is 1.16 bits per heavy atom. The molecule has 7 heteroatoms. The average Bonchev–Trinajstić information content (AvgIpc) is 3.64. The maximum atomic E-state index is 13.7. The van der Waals surface area contributed by atoms with Gasteiger partial charge in [0.05, 0.1) is 12.2 Å². The van der Waals surface area contributed by atoms with Crippen molar-refractivity contribution in [1.82, 2.24) is 5.01 Å². The van der Waals surface area contributed by atoms with Crippen LogP contribution in [-0.2, 0) is 6.54 Å². The summed E-state index contributed by atoms with van der Waals surface area (Å²) in [6.45, 7) is 0.315. The Balaban J connectivity index is 1.42. The molecule has 2 saturated carbocycles. The SMILES string of the molecule is N/C(=C\N(N)Cc1ccc2c(-c3cccc(F)c3)cc(=O)oc2c1)C(O)(C1CC1)C1CC1. The second-order valence-corrected chi connectivity index (χ2v) is 8.95. The molecule has 0 amide bonds. The first kappa shape index (κ1) is 20.7. The lowest BCUT2D eigenvalue weighted by Gasteiger charge is -2.30. The summed E-state index contributed by atoms with van der Waals surface area (Å²) in [7, 11) is 0. The van der Waals surface area contributed by atoms with Gasteiger partial charge in [0.2, 0.25) is 0 Å². The van der Waals surface area contributed by atoms with E-state index in [2.05, 4.69) is 0 Å². The van der Waals surface area contributed by atoms with Gasteiger partial charge in [-0.15, -0.1) is 0 Å². The van der Waals surface area contributed by atoms with Crippen molar-refractivity contribution in [2.75, 3.05) is 0 Å². The van der Waals surface area contributed by atoms with E-state index >= 15 is 0 Å². The van der Waals surface area contributed by atoms with Crippen LogP contribution in [0.5, 0.6) is 0 Å². The molecular weight excluding hydrogens is 409 g/mol. The number of benzene rings is 2. The van der Waals surface area contributed by atoms with Crippen LogP contribution < -0.4 is 17.2 Å². The number of aliphatic hydroxyl groups is 1. The highest BCUT2D eigenvalue weighted by molar-refractivity contribution is 5.93. The van der Waals surface area contributed by atoms with Crippen LogP contribution in [0.15, 0.2) is 69.6 Å². The molecule has 0 aliphatic heterocycles. The number of hydrogen-bond donors (Lipinski definition) is 3. The Morgan fingerprint density at radius 3 is 2.53 bits per heavy atom. The Hall–Kier alpha value is -3.16. The van der Waals surface area contributed by atoms with Crippen molar-refractivity contribution in [1.29, 1.82) is 0 Å². The molecule has 0 bridgehead atoms. The Kier molecular flexibility index (Phi) is 5.03. The molecule has 3 aromatic rings. The third kappa shape index (κ3) is 3.89. The van der Waals surface area contributed by atoms with E-state index in [0.717, 1.165) is 31.2 Å². The van der Waals surface area contributed by atoms with Gasteiger partial charge in [-0.3, -0.25) is 0 Å². The molecule has 32 heavy (non-hydrogen) atoms. The van der Waals surface area contributed by atoms with Crippen LogP contribution in [0.1, 0.15) is 31.2 Å². The normalized spacial score (nSPS) is 17.0. The van der Waals surface area contributed by atoms with Gasteiger partial charge in [-0.2, -0.15) is 0 Å². The number of fused-ring (bicyclic) bond motifs is 1. The van der Waals surface area contributed by atoms with Crippen molar-refractivity contribution in [2.24, 2.45) is 23.4 Å². The van der Waals surface area contributed by atoms with Crippen LogP contribution in [0.2, 0.25) is 0 Å². The van der Waals surface area contributed by atoms with Crippen molar-refractivity contribution in [3.8, 4) is 11.1 Å². The third-order valence-electron chi connectivity index (χ3n) is 6.48. The first-order chi connectivity index (χ1) is 15.3. The van der Waals surface area contributed by atoms with E-state index in [1.807, 2.05) is 12.1 Å². The van der Waals surface area contributed by atoms with Crippen LogP contribution in [0.4, 0.5) is 4.39 Å². The van der Waals surface area contributed by atoms with Crippen molar-refractivity contribution < 1.29 is 13.9 Å². The number of hydrazine groups is 1. The standard InChI is InChI=1S/C25H26FN3O3/c26-19-3-1-2-16(11-19)21-12-24(30)32-22-10-15(4-9-20(21)22)13-29(28)14-23(27)25(31,17-5-6-17)18-7-8-18/h1-4,9-12,14,17-18,31H,5-8,13,27-28H2/b23-14-. The molecule has 0 spiro atoms. The van der Waals surface area contributed by atoms with E-state index in [-0.39, 0.29) is 17.7 Å². The molecule has 0 saturated heterocycles. The van der Waals surface area contributed by atoms with Crippen LogP contribution in [0.25, 0.3) is 22.1 Å². The van der Waals surface area contributed by atoms with Gasteiger partial charge in [0.15, 0.2) is 0 Å². The fraction of sp³-hybridized carbons (Fsp3) is 0.320. The molecule has 2 fully saturated rings. The summed E-state index contributed by atoms with van der Waals surface area (Å²) >= 11 is 0. The van der Waals surface area contributed by atoms with Crippen LogP contribution in [-0.4, -0.2) is 15.7 Å². The van der Waals surface area contributed by atoms with Gasteiger partial charge in [-0.25, -0.2) is 15.0 Å². The van der Waals surface area contributed by atoms with E-state index in [4.69, 9.17) is 16.0 Å². The molecule has 166 valence electrons. The molecule has 1 aromatic heterocycles. The summed E-state index contributed by atoms with van der Waals surface area (Å²) in [6, 6.07) is 12.9. The van der Waals surface area contributed by atoms with Crippen molar-refractivity contribution in [2.45, 2.75) is 37.8 Å². The van der Waals surface area contributed by atoms with Gasteiger partial charge >= 0.3 is 5.63 Å². The van der Waals surface area contributed by atoms with E-state index in [1.54, 1.807) is 24.4 Å². The quantitative estimate of drug-likeness (QED) is 0.297. The lowest BCUT2D eigenvalue weighted by molar-refractivity contribution is 0.0288. The predicted molar refractivity (Wildman–Crippen MR) is 120 cm³/mol. The predicted octanol–water partition coefficient (Wildman–Crippen LogP) is 3.63. The zero-order valence-corrected chi connectivity index (χ0v) is 17.6. The highest BCUT2D eigenvalue weighted by Gasteiger charge is 2.55. The van der Waals surface area contributed by atoms with Crippen molar-refractivity contribution in [3.05, 3.63) is 82.2 Å². The third-order valence-corrected chi connectivity index (χ3v) is 6.48. The Bertz CT molecular complexity index is 1250. The minimum absolute atomic E-state index is 0.218. The molecule has 0 atom stereocenters. The first-order valence-electron chi connectivity index (χ1n) is 10.9. The molecule has 1 heterocycles. The van der Waals surface area contributed by atoms with E-state index < -0.39 is 11.2 Å². The van der Waals surface area contributed by atoms with Gasteiger partial charge in [0.25, 0.3) is 0 Å². The van der Waals surface area contributed by atoms with Gasteiger partial charge in [0.1, 0.15) is 17.0 Å². The Morgan fingerprint density at radius 2 is 1.88 bits per heavy atom. The lowest BCUT2D eigenvalue weighted by Crippen LogP contribution is -2.42. The summed E-state index contributed by atoms with van der Waals surface area (Å²) in [5, 5.41) is 13.3. The number of halogens is 1. The summed E-state index contributed by atoms with van der Waals surface area (Å²) in [5.41, 5.74) is 7.64. The molecule has 2 aromatic carbocycles. The zero-order valence-electron chi connectivity index (χ0n) is 17.6. The van der Waals surface area contributed by atoms with Crippen molar-refractivity contribution >= 4 is 11.0 Å². The smallest absolute Gasteiger partial charge is 0.336 e. The minimum Gasteiger partial charge on any atom is -0.423 e. The molecule has 5 N–H and O–H groups in total. The monoisotopic (exact) mass is 435 g/mol. The number of nitrogens with two attached hydrogens (primary N) is 2. The molecule has 0 unspecified atom stereocenters. The van der Waals surface area contributed by atoms with Gasteiger partial charge < -0.3 is 20.3 Å². The van der Waals surface area contributed by atoms with E-state index in [1.165, 1.54) is 23.2 Å². The summed E-state index contributed by atoms with van der Waals surface area (Å²) < 4.78 is 19.1. The maximum absolute atomic E-state index is 13.7. The van der Waals surface area contributed by atoms with E-state index in [9.17, 15) is 14.3 Å². The summed E-state index contributed by atoms with van der Waals surface area (Å²) in [4.78, 5) is 12.1. The highest BCUT2D eigenvalue weighted by atomic mass is 19.1. The van der Waals surface area contributed by atoms with Crippen molar-refractivity contribution in [3.63, 3.8) is 0 Å². The van der Waals surface area contributed by atoms with Gasteiger partial charge in [-0.1, -0.05) is 24.3 Å². The average molecular weight is 435 g/mol. The molecule has 5 rings (SSSR count). The molecule has 2 aliphatic rings. The van der Waals surface area contributed by atoms with Crippen LogP contribution in [0, 0.1) is 17.7 Å². The molecule has 6 nitrogen and oxygen atoms in total. The Labute approximate surface area is 184 Å². The molecule has 2 aliphatic carbocycles. The molecule has 0 radical (unpaired) electrons.